The normalized spacial score (nSPS) is 24.1. The van der Waals surface area contributed by atoms with E-state index >= 15 is 0 Å². The summed E-state index contributed by atoms with van der Waals surface area (Å²) in [5, 5.41) is 0. The summed E-state index contributed by atoms with van der Waals surface area (Å²) in [5.74, 6) is -0.275. The van der Waals surface area contributed by atoms with Crippen LogP contribution in [0.25, 0.3) is 0 Å². The highest BCUT2D eigenvalue weighted by Gasteiger charge is 2.55. The number of para-hydroxylation sites is 2. The van der Waals surface area contributed by atoms with Gasteiger partial charge >= 0.3 is 5.97 Å². The van der Waals surface area contributed by atoms with Gasteiger partial charge in [-0.05, 0) is 94.7 Å². The van der Waals surface area contributed by atoms with Gasteiger partial charge < -0.3 is 19.4 Å². The Morgan fingerprint density at radius 3 is 1.70 bits per heavy atom. The number of nitrogens with zero attached hydrogens (tertiary/aromatic N) is 3. The fourth-order valence-electron chi connectivity index (χ4n) is 8.85. The zero-order chi connectivity index (χ0) is 33.0. The second-order valence-electron chi connectivity index (χ2n) is 13.7. The van der Waals surface area contributed by atoms with Crippen molar-refractivity contribution in [3.05, 3.63) is 137 Å². The van der Waals surface area contributed by atoms with Crippen LogP contribution in [0.4, 0.5) is 17.1 Å². The van der Waals surface area contributed by atoms with Gasteiger partial charge in [0.05, 0.1) is 5.56 Å². The van der Waals surface area contributed by atoms with Crippen molar-refractivity contribution < 1.29 is 9.53 Å². The highest BCUT2D eigenvalue weighted by molar-refractivity contribution is 5.96. The van der Waals surface area contributed by atoms with Crippen molar-refractivity contribution in [2.75, 3.05) is 54.0 Å². The van der Waals surface area contributed by atoms with Crippen molar-refractivity contribution in [3.63, 3.8) is 0 Å². The van der Waals surface area contributed by atoms with E-state index in [1.807, 2.05) is 18.2 Å². The van der Waals surface area contributed by atoms with Gasteiger partial charge in [-0.25, -0.2) is 4.79 Å². The van der Waals surface area contributed by atoms with Gasteiger partial charge in [0.1, 0.15) is 0 Å². The summed E-state index contributed by atoms with van der Waals surface area (Å²) in [6.07, 6.45) is 2.37. The van der Waals surface area contributed by atoms with Crippen LogP contribution in [0.15, 0.2) is 109 Å². The zero-order valence-corrected chi connectivity index (χ0v) is 28.7. The molecule has 5 nitrogen and oxygen atoms in total. The molecule has 3 aliphatic heterocycles. The van der Waals surface area contributed by atoms with E-state index in [1.54, 1.807) is 0 Å². The summed E-state index contributed by atoms with van der Waals surface area (Å²) in [7, 11) is 0. The SMILES string of the molecule is CCN(CC)c1ccc(C2(C=C(C3(C)CN(CC)c4ccccc43)C3(C)CN(CC)c4ccccc43)OC(=O)c3ccccc32)cc1. The quantitative estimate of drug-likeness (QED) is 0.138. The molecular weight excluding hydrogens is 578 g/mol. The van der Waals surface area contributed by atoms with Gasteiger partial charge in [-0.3, -0.25) is 0 Å². The molecule has 0 saturated carbocycles. The standard InChI is InChI=1S/C42H47N3O2/c1-7-43(8-2)31-25-23-30(24-26-31)42(33-18-12-11-17-32(33)39(46)47-42)27-38(40(5)28-44(9-3)36-21-15-13-19-34(36)40)41(6)29-45(10-4)37-22-16-14-20-35(37)41/h11-27H,7-10,28-29H2,1-6H3. The van der Waals surface area contributed by atoms with Gasteiger partial charge in [0.15, 0.2) is 5.60 Å². The van der Waals surface area contributed by atoms with E-state index < -0.39 is 5.60 Å². The molecule has 0 N–H and O–H groups in total. The Balaban J connectivity index is 1.54. The first kappa shape index (κ1) is 31.1. The Kier molecular flexibility index (Phi) is 7.69. The fraction of sp³-hybridized carbons (Fsp3) is 0.357. The number of fused-ring (bicyclic) bond motifs is 3. The summed E-state index contributed by atoms with van der Waals surface area (Å²) in [4.78, 5) is 21.2. The van der Waals surface area contributed by atoms with E-state index in [2.05, 4.69) is 141 Å². The topological polar surface area (TPSA) is 36.0 Å². The van der Waals surface area contributed by atoms with Gasteiger partial charge in [-0.2, -0.15) is 0 Å². The van der Waals surface area contributed by atoms with Crippen molar-refractivity contribution in [2.45, 2.75) is 58.0 Å². The maximum Gasteiger partial charge on any atom is 0.340 e. The molecule has 0 fully saturated rings. The molecule has 0 aliphatic carbocycles. The number of ether oxygens (including phenoxy) is 1. The Hall–Kier alpha value is -4.51. The molecule has 47 heavy (non-hydrogen) atoms. The molecule has 4 aromatic carbocycles. The number of rotatable bonds is 9. The Bertz CT molecular complexity index is 1770. The van der Waals surface area contributed by atoms with Gasteiger partial charge in [0.2, 0.25) is 0 Å². The number of esters is 1. The lowest BCUT2D eigenvalue weighted by atomic mass is 9.62. The van der Waals surface area contributed by atoms with Crippen LogP contribution >= 0.6 is 0 Å². The highest BCUT2D eigenvalue weighted by Crippen LogP contribution is 2.57. The molecule has 0 aromatic heterocycles. The van der Waals surface area contributed by atoms with Crippen LogP contribution in [0.1, 0.15) is 74.2 Å². The number of cyclic esters (lactones) is 1. The molecule has 3 atom stereocenters. The molecule has 3 aliphatic rings. The van der Waals surface area contributed by atoms with Crippen molar-refractivity contribution in [1.82, 2.24) is 0 Å². The predicted octanol–water partition coefficient (Wildman–Crippen LogP) is 8.47. The second-order valence-corrected chi connectivity index (χ2v) is 13.7. The first-order valence-corrected chi connectivity index (χ1v) is 17.3. The molecular formula is C42H47N3O2. The number of hydrogen-bond acceptors (Lipinski definition) is 5. The first-order chi connectivity index (χ1) is 22.7. The molecule has 0 amide bonds. The Morgan fingerprint density at radius 1 is 0.702 bits per heavy atom. The fourth-order valence-corrected chi connectivity index (χ4v) is 8.85. The molecule has 0 bridgehead atoms. The summed E-state index contributed by atoms with van der Waals surface area (Å²) in [5.41, 5.74) is 8.39. The molecule has 3 heterocycles. The minimum absolute atomic E-state index is 0.275. The summed E-state index contributed by atoms with van der Waals surface area (Å²) < 4.78 is 6.72. The first-order valence-electron chi connectivity index (χ1n) is 17.3. The van der Waals surface area contributed by atoms with Gasteiger partial charge in [0, 0.05) is 78.3 Å². The molecule has 3 unspecified atom stereocenters. The van der Waals surface area contributed by atoms with Crippen molar-refractivity contribution in [3.8, 4) is 0 Å². The van der Waals surface area contributed by atoms with Crippen molar-refractivity contribution >= 4 is 23.0 Å². The van der Waals surface area contributed by atoms with Crippen molar-refractivity contribution in [1.29, 1.82) is 0 Å². The lowest BCUT2D eigenvalue weighted by Crippen LogP contribution is -2.45. The van der Waals surface area contributed by atoms with E-state index in [1.165, 1.54) is 33.8 Å². The van der Waals surface area contributed by atoms with Crippen LogP contribution in [0.3, 0.4) is 0 Å². The molecule has 0 saturated heterocycles. The van der Waals surface area contributed by atoms with E-state index in [4.69, 9.17) is 4.74 Å². The third-order valence-corrected chi connectivity index (χ3v) is 11.2. The van der Waals surface area contributed by atoms with Crippen LogP contribution in [0.5, 0.6) is 0 Å². The van der Waals surface area contributed by atoms with Gasteiger partial charge in [-0.1, -0.05) is 66.7 Å². The maximum atomic E-state index is 13.8. The smallest absolute Gasteiger partial charge is 0.340 e. The average molecular weight is 626 g/mol. The highest BCUT2D eigenvalue weighted by atomic mass is 16.6. The van der Waals surface area contributed by atoms with Crippen LogP contribution < -0.4 is 14.7 Å². The summed E-state index contributed by atoms with van der Waals surface area (Å²) in [6.45, 7) is 19.1. The minimum atomic E-state index is -1.08. The Labute approximate surface area is 280 Å². The number of benzene rings is 4. The number of anilines is 3. The van der Waals surface area contributed by atoms with Crippen molar-refractivity contribution in [2.24, 2.45) is 0 Å². The lowest BCUT2D eigenvalue weighted by molar-refractivity contribution is 0.0268. The minimum Gasteiger partial charge on any atom is -0.441 e. The van der Waals surface area contributed by atoms with Crippen LogP contribution in [0, 0.1) is 0 Å². The van der Waals surface area contributed by atoms with Crippen LogP contribution in [-0.2, 0) is 21.2 Å². The number of likely N-dealkylation sites (N-methyl/N-ethyl adjacent to an activating group) is 2. The molecule has 0 radical (unpaired) electrons. The molecule has 242 valence electrons. The second kappa shape index (κ2) is 11.6. The third-order valence-electron chi connectivity index (χ3n) is 11.2. The third kappa shape index (κ3) is 4.61. The monoisotopic (exact) mass is 625 g/mol. The summed E-state index contributed by atoms with van der Waals surface area (Å²) >= 11 is 0. The largest absolute Gasteiger partial charge is 0.441 e. The van der Waals surface area contributed by atoms with Crippen LogP contribution in [0.2, 0.25) is 0 Å². The van der Waals surface area contributed by atoms with Gasteiger partial charge in [-0.15, -0.1) is 0 Å². The molecule has 0 spiro atoms. The van der Waals surface area contributed by atoms with E-state index in [-0.39, 0.29) is 16.8 Å². The van der Waals surface area contributed by atoms with Crippen LogP contribution in [-0.4, -0.2) is 45.2 Å². The predicted molar refractivity (Wildman–Crippen MR) is 194 cm³/mol. The number of hydrogen-bond donors (Lipinski definition) is 0. The van der Waals surface area contributed by atoms with E-state index in [0.29, 0.717) is 5.56 Å². The molecule has 4 aromatic rings. The Morgan fingerprint density at radius 2 is 1.19 bits per heavy atom. The van der Waals surface area contributed by atoms with E-state index in [0.717, 1.165) is 50.4 Å². The average Bonchev–Trinajstić information content (AvgIpc) is 3.70. The lowest BCUT2D eigenvalue weighted by Gasteiger charge is -2.42. The van der Waals surface area contributed by atoms with Gasteiger partial charge in [0.25, 0.3) is 0 Å². The molecule has 7 rings (SSSR count). The number of carbonyl (C=O) groups is 1. The summed E-state index contributed by atoms with van der Waals surface area (Å²) in [6, 6.07) is 34.4. The zero-order valence-electron chi connectivity index (χ0n) is 28.7. The van der Waals surface area contributed by atoms with E-state index in [9.17, 15) is 4.79 Å². The maximum absolute atomic E-state index is 13.8. The molecule has 5 heteroatoms. The number of carbonyl (C=O) groups excluding carboxylic acids is 1.